The predicted molar refractivity (Wildman–Crippen MR) is 162 cm³/mol. The third-order valence-electron chi connectivity index (χ3n) is 7.58. The van der Waals surface area contributed by atoms with Gasteiger partial charge in [-0.25, -0.2) is 4.79 Å². The topological polar surface area (TPSA) is 191 Å². The highest BCUT2D eigenvalue weighted by atomic mass is 16.4. The molecule has 1 aromatic carbocycles. The fraction of sp³-hybridized carbons (Fsp3) is 0.633. The van der Waals surface area contributed by atoms with Crippen molar-refractivity contribution in [3.8, 4) is 0 Å². The monoisotopic (exact) mass is 621 g/mol. The molecule has 2 unspecified atom stereocenters. The molecule has 0 saturated carbocycles. The van der Waals surface area contributed by atoms with Crippen molar-refractivity contribution in [1.82, 2.24) is 24.9 Å². The van der Waals surface area contributed by atoms with Gasteiger partial charge in [-0.05, 0) is 30.4 Å². The molecule has 0 aromatic heterocycles. The van der Waals surface area contributed by atoms with Gasteiger partial charge in [0.25, 0.3) is 0 Å². The number of carboxylic acids is 4. The lowest BCUT2D eigenvalue weighted by Gasteiger charge is -2.34. The van der Waals surface area contributed by atoms with Crippen LogP contribution in [0.15, 0.2) is 24.3 Å². The second kappa shape index (κ2) is 18.3. The zero-order valence-electron chi connectivity index (χ0n) is 25.9. The van der Waals surface area contributed by atoms with Gasteiger partial charge in [-0.15, -0.1) is 0 Å². The molecule has 2 rings (SSSR count). The maximum atomic E-state index is 13.1. The Labute approximate surface area is 258 Å². The summed E-state index contributed by atoms with van der Waals surface area (Å²) in [5, 5.41) is 40.8. The Hall–Kier alpha value is -3.59. The zero-order chi connectivity index (χ0) is 32.8. The third-order valence-corrected chi connectivity index (χ3v) is 7.58. The Morgan fingerprint density at radius 2 is 1.05 bits per heavy atom. The van der Waals surface area contributed by atoms with E-state index >= 15 is 0 Å². The van der Waals surface area contributed by atoms with Crippen molar-refractivity contribution in [2.75, 3.05) is 78.5 Å². The summed E-state index contributed by atoms with van der Waals surface area (Å²) in [6, 6.07) is 6.43. The number of carboxylic acid groups (broad SMARTS) is 4. The van der Waals surface area contributed by atoms with Crippen LogP contribution in [-0.2, 0) is 30.4 Å². The molecule has 2 atom stereocenters. The second-order valence-electron chi connectivity index (χ2n) is 11.8. The van der Waals surface area contributed by atoms with Crippen molar-refractivity contribution in [3.05, 3.63) is 35.4 Å². The highest BCUT2D eigenvalue weighted by Crippen LogP contribution is 2.18. The molecule has 14 nitrogen and oxygen atoms in total. The smallest absolute Gasteiger partial charge is 0.327 e. The average molecular weight is 622 g/mol. The molecule has 1 heterocycles. The lowest BCUT2D eigenvalue weighted by atomic mass is 9.96. The summed E-state index contributed by atoms with van der Waals surface area (Å²) in [4.78, 5) is 66.5. The Balaban J connectivity index is 2.19. The van der Waals surface area contributed by atoms with E-state index in [4.69, 9.17) is 0 Å². The van der Waals surface area contributed by atoms with Crippen molar-refractivity contribution < 1.29 is 44.4 Å². The third kappa shape index (κ3) is 13.8. The molecule has 1 aliphatic rings. The van der Waals surface area contributed by atoms with Crippen LogP contribution in [-0.4, -0.2) is 154 Å². The van der Waals surface area contributed by atoms with Crippen LogP contribution in [0.1, 0.15) is 37.8 Å². The van der Waals surface area contributed by atoms with Crippen LogP contribution in [0.5, 0.6) is 0 Å². The number of nitrogens with one attached hydrogen (secondary N) is 1. The minimum Gasteiger partial charge on any atom is -0.480 e. The molecule has 14 heteroatoms. The molecule has 1 fully saturated rings. The number of amides is 1. The van der Waals surface area contributed by atoms with E-state index in [1.165, 1.54) is 0 Å². The number of benzene rings is 1. The van der Waals surface area contributed by atoms with E-state index in [0.717, 1.165) is 17.5 Å². The number of aliphatic carboxylic acids is 4. The summed E-state index contributed by atoms with van der Waals surface area (Å²) in [6.45, 7) is 7.03. The second-order valence-corrected chi connectivity index (χ2v) is 11.8. The molecule has 1 aliphatic heterocycles. The summed E-state index contributed by atoms with van der Waals surface area (Å²) in [7, 11) is 0. The molecule has 0 radical (unpaired) electrons. The van der Waals surface area contributed by atoms with Crippen LogP contribution in [0, 0.1) is 5.92 Å². The van der Waals surface area contributed by atoms with Gasteiger partial charge in [-0.2, -0.15) is 0 Å². The first-order valence-corrected chi connectivity index (χ1v) is 14.9. The molecule has 1 saturated heterocycles. The normalized spacial score (nSPS) is 18.1. The maximum absolute atomic E-state index is 13.1. The van der Waals surface area contributed by atoms with Crippen molar-refractivity contribution in [1.29, 1.82) is 0 Å². The van der Waals surface area contributed by atoms with Gasteiger partial charge in [0.05, 0.1) is 25.6 Å². The molecule has 246 valence electrons. The van der Waals surface area contributed by atoms with E-state index < -0.39 is 41.7 Å². The lowest BCUT2D eigenvalue weighted by Crippen LogP contribution is -2.53. The van der Waals surface area contributed by atoms with Crippen molar-refractivity contribution in [3.63, 3.8) is 0 Å². The first-order valence-electron chi connectivity index (χ1n) is 14.9. The fourth-order valence-corrected chi connectivity index (χ4v) is 5.11. The van der Waals surface area contributed by atoms with Crippen LogP contribution in [0.25, 0.3) is 0 Å². The molecule has 44 heavy (non-hydrogen) atoms. The van der Waals surface area contributed by atoms with Gasteiger partial charge < -0.3 is 25.7 Å². The summed E-state index contributed by atoms with van der Waals surface area (Å²) in [6.07, 6.45) is 0.909. The van der Waals surface area contributed by atoms with Gasteiger partial charge in [0.15, 0.2) is 0 Å². The van der Waals surface area contributed by atoms with Gasteiger partial charge in [-0.3, -0.25) is 38.8 Å². The van der Waals surface area contributed by atoms with Crippen LogP contribution in [0.2, 0.25) is 0 Å². The Bertz CT molecular complexity index is 1080. The Morgan fingerprint density at radius 1 is 0.659 bits per heavy atom. The summed E-state index contributed by atoms with van der Waals surface area (Å²) < 4.78 is 0. The van der Waals surface area contributed by atoms with Gasteiger partial charge in [0, 0.05) is 58.9 Å². The summed E-state index contributed by atoms with van der Waals surface area (Å²) in [5.74, 6) is -4.92. The van der Waals surface area contributed by atoms with E-state index in [9.17, 15) is 44.4 Å². The number of carbonyl (C=O) groups is 5. The van der Waals surface area contributed by atoms with E-state index in [2.05, 4.69) is 19.2 Å². The van der Waals surface area contributed by atoms with E-state index in [1.54, 1.807) is 26.5 Å². The number of rotatable bonds is 14. The largest absolute Gasteiger partial charge is 0.480 e. The molecule has 0 aliphatic carbocycles. The number of hydrogen-bond acceptors (Lipinski definition) is 9. The van der Waals surface area contributed by atoms with Crippen molar-refractivity contribution >= 4 is 29.8 Å². The number of hydrogen-bond donors (Lipinski definition) is 5. The minimum absolute atomic E-state index is 0.0753. The number of nitrogens with zero attached hydrogens (tertiary/aromatic N) is 4. The van der Waals surface area contributed by atoms with Crippen molar-refractivity contribution in [2.45, 2.75) is 39.2 Å². The van der Waals surface area contributed by atoms with Gasteiger partial charge in [0.2, 0.25) is 5.91 Å². The molecule has 0 spiro atoms. The average Bonchev–Trinajstić information content (AvgIpc) is 2.92. The van der Waals surface area contributed by atoms with Gasteiger partial charge >= 0.3 is 23.9 Å². The molecular weight excluding hydrogens is 574 g/mol. The first-order chi connectivity index (χ1) is 20.7. The SMILES string of the molecule is CC(C)Cc1ccc(C(C)C(=O)NC(CN2CCN(CC(=O)O)CCN(CC(=O)O)CCN(CC(=O)O)CC2)C(=O)O)cc1. The summed E-state index contributed by atoms with van der Waals surface area (Å²) in [5.41, 5.74) is 1.91. The highest BCUT2D eigenvalue weighted by molar-refractivity contribution is 5.88. The highest BCUT2D eigenvalue weighted by Gasteiger charge is 2.27. The molecule has 5 N–H and O–H groups in total. The quantitative estimate of drug-likeness (QED) is 0.187. The summed E-state index contributed by atoms with van der Waals surface area (Å²) >= 11 is 0. The molecule has 1 aromatic rings. The van der Waals surface area contributed by atoms with E-state index in [1.807, 2.05) is 24.3 Å². The molecule has 0 bridgehead atoms. The van der Waals surface area contributed by atoms with Crippen LogP contribution in [0.4, 0.5) is 0 Å². The molecular formula is C30H47N5O9. The van der Waals surface area contributed by atoms with Gasteiger partial charge in [0.1, 0.15) is 6.04 Å². The van der Waals surface area contributed by atoms with Crippen molar-refractivity contribution in [2.24, 2.45) is 5.92 Å². The first kappa shape index (κ1) is 36.6. The lowest BCUT2D eigenvalue weighted by molar-refractivity contribution is -0.142. The maximum Gasteiger partial charge on any atom is 0.327 e. The van der Waals surface area contributed by atoms with Crippen LogP contribution >= 0.6 is 0 Å². The minimum atomic E-state index is -1.26. The van der Waals surface area contributed by atoms with Crippen LogP contribution < -0.4 is 5.32 Å². The van der Waals surface area contributed by atoms with Gasteiger partial charge in [-0.1, -0.05) is 38.1 Å². The number of carbonyl (C=O) groups excluding carboxylic acids is 1. The van der Waals surface area contributed by atoms with E-state index in [0.29, 0.717) is 5.92 Å². The molecule has 1 amide bonds. The zero-order valence-corrected chi connectivity index (χ0v) is 25.9. The predicted octanol–water partition coefficient (Wildman–Crippen LogP) is 0.0334. The van der Waals surface area contributed by atoms with E-state index in [-0.39, 0.29) is 78.5 Å². The Kier molecular flexibility index (Phi) is 15.2. The Morgan fingerprint density at radius 3 is 1.39 bits per heavy atom. The van der Waals surface area contributed by atoms with Crippen LogP contribution in [0.3, 0.4) is 0 Å². The standard InChI is InChI=1S/C30H47N5O9/c1-21(2)16-23-4-6-24(7-5-23)22(3)29(42)31-25(30(43)44)17-32-8-10-33(18-26(36)37)12-14-35(20-28(40)41)15-13-34(11-9-32)19-27(38)39/h4-7,21-22,25H,8-20H2,1-3H3,(H,31,42)(H,36,37)(H,38,39)(H,40,41)(H,43,44). The fourth-order valence-electron chi connectivity index (χ4n) is 5.11.